The summed E-state index contributed by atoms with van der Waals surface area (Å²) in [5, 5.41) is 0. The fraction of sp³-hybridized carbons (Fsp3) is 0.286. The molecule has 0 heteroatoms. The van der Waals surface area contributed by atoms with Crippen molar-refractivity contribution in [3.8, 4) is 0 Å². The second-order valence-corrected chi connectivity index (χ2v) is 1.78. The minimum atomic E-state index is 1.11. The Kier molecular flexibility index (Phi) is 1.21. The lowest BCUT2D eigenvalue weighted by atomic mass is 10.1. The summed E-state index contributed by atoms with van der Waals surface area (Å²) in [5.74, 6) is 0. The molecule has 0 saturated heterocycles. The van der Waals surface area contributed by atoms with Crippen molar-refractivity contribution in [2.24, 2.45) is 0 Å². The molecular weight excluding hydrogens is 84.1 g/mol. The van der Waals surface area contributed by atoms with Crippen molar-refractivity contribution in [1.29, 1.82) is 0 Å². The van der Waals surface area contributed by atoms with Crippen LogP contribution >= 0.6 is 0 Å². The zero-order chi connectivity index (χ0) is 5.11. The van der Waals surface area contributed by atoms with E-state index in [1.165, 1.54) is 5.57 Å². The third kappa shape index (κ3) is 1.11. The van der Waals surface area contributed by atoms with Crippen LogP contribution < -0.4 is 0 Å². The molecule has 0 amide bonds. The molecule has 0 bridgehead atoms. The minimum Gasteiger partial charge on any atom is -0.0148 e. The third-order valence-corrected chi connectivity index (χ3v) is 1.07. The van der Waals surface area contributed by atoms with Crippen molar-refractivity contribution < 1.29 is 0 Å². The summed E-state index contributed by atoms with van der Waals surface area (Å²) < 4.78 is 0. The van der Waals surface area contributed by atoms with Gasteiger partial charge in [-0.1, -0.05) is 0 Å². The topological polar surface area (TPSA) is 0 Å². The van der Waals surface area contributed by atoms with Crippen LogP contribution in [0.15, 0.2) is 23.8 Å². The normalized spacial score (nSPS) is 18.1. The molecule has 0 spiro atoms. The summed E-state index contributed by atoms with van der Waals surface area (Å²) >= 11 is 0. The molecule has 0 aromatic rings. The van der Waals surface area contributed by atoms with Crippen LogP contribution in [-0.2, 0) is 0 Å². The highest BCUT2D eigenvalue weighted by atomic mass is 13.9. The van der Waals surface area contributed by atoms with Crippen molar-refractivity contribution in [1.82, 2.24) is 0 Å². The van der Waals surface area contributed by atoms with Crippen LogP contribution in [0.4, 0.5) is 0 Å². The first-order valence-electron chi connectivity index (χ1n) is 2.56. The van der Waals surface area contributed by atoms with Gasteiger partial charge in [0.15, 0.2) is 0 Å². The van der Waals surface area contributed by atoms with E-state index >= 15 is 0 Å². The predicted octanol–water partition coefficient (Wildman–Crippen LogP) is 2.10. The van der Waals surface area contributed by atoms with Gasteiger partial charge in [-0.25, -0.2) is 0 Å². The molecule has 1 rings (SSSR count). The largest absolute Gasteiger partial charge is 0.0723 e. The summed E-state index contributed by atoms with van der Waals surface area (Å²) in [6.45, 7) is 2.11. The summed E-state index contributed by atoms with van der Waals surface area (Å²) in [4.78, 5) is 0. The fourth-order valence-electron chi connectivity index (χ4n) is 0.620. The molecule has 0 saturated carbocycles. The molecule has 0 unspecified atom stereocenters. The molecule has 0 heterocycles. The number of allylic oxidation sites excluding steroid dienone is 4. The highest BCUT2D eigenvalue weighted by Crippen LogP contribution is 2.06. The zero-order valence-corrected chi connectivity index (χ0v) is 4.52. The second-order valence-electron chi connectivity index (χ2n) is 1.78. The second kappa shape index (κ2) is 1.87. The molecule has 0 nitrogen and oxygen atoms in total. The minimum absolute atomic E-state index is 1.11. The molecule has 0 atom stereocenters. The third-order valence-electron chi connectivity index (χ3n) is 1.07. The molecule has 36 valence electrons. The highest BCUT2D eigenvalue weighted by molar-refractivity contribution is 5.24. The maximum absolute atomic E-state index is 2.21. The lowest BCUT2D eigenvalue weighted by Crippen LogP contribution is -1.78. The van der Waals surface area contributed by atoms with Crippen molar-refractivity contribution in [3.63, 3.8) is 0 Å². The summed E-state index contributed by atoms with van der Waals surface area (Å²) in [7, 11) is 0. The van der Waals surface area contributed by atoms with E-state index in [4.69, 9.17) is 0 Å². The Hall–Kier alpha value is -0.650. The SMILES string of the molecule is CC1=CCC=C[CH+]1. The first kappa shape index (κ1) is 4.51. The highest BCUT2D eigenvalue weighted by Gasteiger charge is 1.96. The van der Waals surface area contributed by atoms with E-state index in [1.807, 2.05) is 0 Å². The van der Waals surface area contributed by atoms with E-state index in [1.54, 1.807) is 0 Å². The lowest BCUT2D eigenvalue weighted by molar-refractivity contribution is 1.25. The summed E-state index contributed by atoms with van der Waals surface area (Å²) in [6.07, 6.45) is 9.67. The predicted molar refractivity (Wildman–Crippen MR) is 31.8 cm³/mol. The van der Waals surface area contributed by atoms with E-state index in [-0.39, 0.29) is 0 Å². The van der Waals surface area contributed by atoms with Crippen LogP contribution in [0.25, 0.3) is 0 Å². The standard InChI is InChI=1S/C7H9/c1-7-5-3-2-4-6-7/h2-3,5-6H,4H2,1H3/q+1. The first-order chi connectivity index (χ1) is 3.39. The van der Waals surface area contributed by atoms with Crippen molar-refractivity contribution in [2.75, 3.05) is 0 Å². The van der Waals surface area contributed by atoms with Crippen LogP contribution in [0.3, 0.4) is 0 Å². The molecule has 0 radical (unpaired) electrons. The van der Waals surface area contributed by atoms with Crippen molar-refractivity contribution >= 4 is 0 Å². The van der Waals surface area contributed by atoms with Crippen LogP contribution in [0.1, 0.15) is 13.3 Å². The number of rotatable bonds is 0. The van der Waals surface area contributed by atoms with Crippen molar-refractivity contribution in [3.05, 3.63) is 30.2 Å². The molecule has 1 aliphatic carbocycles. The van der Waals surface area contributed by atoms with Crippen LogP contribution in [0, 0.1) is 6.42 Å². The molecule has 1 aliphatic rings. The molecule has 0 fully saturated rings. The van der Waals surface area contributed by atoms with Crippen molar-refractivity contribution in [2.45, 2.75) is 13.3 Å². The lowest BCUT2D eigenvalue weighted by Gasteiger charge is -1.88. The van der Waals surface area contributed by atoms with Gasteiger partial charge < -0.3 is 0 Å². The molecule has 7 heavy (non-hydrogen) atoms. The van der Waals surface area contributed by atoms with Gasteiger partial charge in [0.1, 0.15) is 0 Å². The van der Waals surface area contributed by atoms with E-state index in [0.717, 1.165) is 6.42 Å². The van der Waals surface area contributed by atoms with Gasteiger partial charge in [0, 0.05) is 24.6 Å². The monoisotopic (exact) mass is 93.1 g/mol. The Bertz CT molecular complexity index is 107. The van der Waals surface area contributed by atoms with E-state index < -0.39 is 0 Å². The summed E-state index contributed by atoms with van der Waals surface area (Å²) in [5.41, 5.74) is 1.38. The quantitative estimate of drug-likeness (QED) is 0.402. The van der Waals surface area contributed by atoms with E-state index in [0.29, 0.717) is 0 Å². The van der Waals surface area contributed by atoms with Gasteiger partial charge >= 0.3 is 0 Å². The van der Waals surface area contributed by atoms with Gasteiger partial charge in [0.05, 0.1) is 12.0 Å². The smallest absolute Gasteiger partial charge is 0.0148 e. The molecule has 0 aliphatic heterocycles. The Morgan fingerprint density at radius 3 is 2.86 bits per heavy atom. The van der Waals surface area contributed by atoms with Crippen LogP contribution in [-0.4, -0.2) is 0 Å². The van der Waals surface area contributed by atoms with Gasteiger partial charge in [0.2, 0.25) is 0 Å². The van der Waals surface area contributed by atoms with Gasteiger partial charge in [0.25, 0.3) is 0 Å². The Labute approximate surface area is 44.5 Å². The fourth-order valence-corrected chi connectivity index (χ4v) is 0.620. The Morgan fingerprint density at radius 2 is 2.57 bits per heavy atom. The first-order valence-corrected chi connectivity index (χ1v) is 2.56. The average Bonchev–Trinajstić information content (AvgIpc) is 1.69. The van der Waals surface area contributed by atoms with Gasteiger partial charge in [-0.2, -0.15) is 0 Å². The van der Waals surface area contributed by atoms with E-state index in [2.05, 4.69) is 31.6 Å². The Balaban J connectivity index is 2.50. The van der Waals surface area contributed by atoms with E-state index in [9.17, 15) is 0 Å². The number of hydrogen-bond acceptors (Lipinski definition) is 0. The molecule has 0 N–H and O–H groups in total. The molecule has 0 aromatic carbocycles. The van der Waals surface area contributed by atoms with Crippen LogP contribution in [0.2, 0.25) is 0 Å². The maximum atomic E-state index is 2.21. The zero-order valence-electron chi connectivity index (χ0n) is 4.52. The molecule has 0 aromatic heterocycles. The number of hydrogen-bond donors (Lipinski definition) is 0. The molecular formula is C7H9+. The van der Waals surface area contributed by atoms with Gasteiger partial charge in [-0.15, -0.1) is 0 Å². The van der Waals surface area contributed by atoms with Crippen LogP contribution in [0.5, 0.6) is 0 Å². The average molecular weight is 93.1 g/mol. The Morgan fingerprint density at radius 1 is 1.71 bits per heavy atom. The van der Waals surface area contributed by atoms with Gasteiger partial charge in [-0.05, 0) is 6.92 Å². The van der Waals surface area contributed by atoms with Gasteiger partial charge in [-0.3, -0.25) is 0 Å². The summed E-state index contributed by atoms with van der Waals surface area (Å²) in [6, 6.07) is 0. The maximum Gasteiger partial charge on any atom is 0.0723 e.